The minimum absolute atomic E-state index is 0.274. The van der Waals surface area contributed by atoms with E-state index >= 15 is 0 Å². The average molecular weight is 485 g/mol. The molecule has 0 unspecified atom stereocenters. The molecule has 0 amide bonds. The third-order valence-corrected chi connectivity index (χ3v) is 4.68. The molecule has 0 aliphatic carbocycles. The topological polar surface area (TPSA) is 104 Å². The van der Waals surface area contributed by atoms with Gasteiger partial charge in [-0.25, -0.2) is 19.0 Å². The van der Waals surface area contributed by atoms with Gasteiger partial charge in [-0.1, -0.05) is 45.7 Å². The van der Waals surface area contributed by atoms with Crippen molar-refractivity contribution in [2.24, 2.45) is 7.05 Å². The van der Waals surface area contributed by atoms with E-state index in [0.29, 0.717) is 16.5 Å². The first-order valence-corrected chi connectivity index (χ1v) is 9.28. The molecule has 10 heteroatoms. The second-order valence-electron chi connectivity index (χ2n) is 5.70. The normalized spacial score (nSPS) is 10.1. The summed E-state index contributed by atoms with van der Waals surface area (Å²) < 4.78 is 16.8. The van der Waals surface area contributed by atoms with Crippen LogP contribution in [-0.4, -0.2) is 31.7 Å². The van der Waals surface area contributed by atoms with E-state index in [0.717, 1.165) is 15.7 Å². The van der Waals surface area contributed by atoms with E-state index in [1.54, 1.807) is 18.3 Å². The molecule has 0 aliphatic heterocycles. The molecule has 0 fully saturated rings. The lowest BCUT2D eigenvalue weighted by Crippen LogP contribution is -2.09. The van der Waals surface area contributed by atoms with Crippen molar-refractivity contribution in [3.8, 4) is 11.3 Å². The number of halogens is 3. The van der Waals surface area contributed by atoms with E-state index in [9.17, 15) is 4.39 Å². The number of rotatable bonds is 4. The summed E-state index contributed by atoms with van der Waals surface area (Å²) in [5.74, 6) is -3.32. The predicted molar refractivity (Wildman–Crippen MR) is 110 cm³/mol. The molecule has 0 aliphatic rings. The van der Waals surface area contributed by atoms with E-state index in [1.807, 2.05) is 35.9 Å². The summed E-state index contributed by atoms with van der Waals surface area (Å²) in [6, 6.07) is 12.6. The van der Waals surface area contributed by atoms with Gasteiger partial charge in [-0.15, -0.1) is 0 Å². The number of hydrogen-bond donors (Lipinski definition) is 3. The highest BCUT2D eigenvalue weighted by Crippen LogP contribution is 2.25. The number of hydrogen-bond acceptors (Lipinski definition) is 4. The molecule has 3 aromatic rings. The molecule has 7 nitrogen and oxygen atoms in total. The number of nitrogens with zero attached hydrogens (tertiary/aromatic N) is 2. The van der Waals surface area contributed by atoms with Crippen LogP contribution < -0.4 is 5.32 Å². The molecule has 0 radical (unpaired) electrons. The van der Waals surface area contributed by atoms with Gasteiger partial charge in [0, 0.05) is 28.7 Å². The number of nitrogens with one attached hydrogen (secondary N) is 1. The summed E-state index contributed by atoms with van der Waals surface area (Å²) in [7, 11) is 1.91. The second-order valence-corrected chi connectivity index (χ2v) is 7.02. The summed E-state index contributed by atoms with van der Waals surface area (Å²) in [6.45, 7) is 0.274. The van der Waals surface area contributed by atoms with Gasteiger partial charge in [0.2, 0.25) is 5.95 Å². The third-order valence-electron chi connectivity index (χ3n) is 3.80. The number of benzene rings is 2. The lowest BCUT2D eigenvalue weighted by atomic mass is 10.2. The predicted octanol–water partition coefficient (Wildman–Crippen LogP) is 4.41. The zero-order valence-corrected chi connectivity index (χ0v) is 17.4. The Hall–Kier alpha value is -2.91. The van der Waals surface area contributed by atoms with Gasteiger partial charge in [0.1, 0.15) is 5.82 Å². The Bertz CT molecular complexity index is 993. The van der Waals surface area contributed by atoms with Gasteiger partial charge in [0.25, 0.3) is 0 Å². The van der Waals surface area contributed by atoms with Crippen LogP contribution in [0.4, 0.5) is 10.3 Å². The molecule has 0 saturated heterocycles. The lowest BCUT2D eigenvalue weighted by molar-refractivity contribution is -0.159. The van der Waals surface area contributed by atoms with E-state index in [-0.39, 0.29) is 12.4 Å². The van der Waals surface area contributed by atoms with Gasteiger partial charge < -0.3 is 20.1 Å². The SMILES string of the molecule is Cn1c(-c2ccc(Br)cc2)cnc1NCc1c(F)cccc1Cl.O=C(O)C(=O)O. The van der Waals surface area contributed by atoms with E-state index in [1.165, 1.54) is 6.07 Å². The highest BCUT2D eigenvalue weighted by atomic mass is 79.9. The molecular weight excluding hydrogens is 469 g/mol. The Morgan fingerprint density at radius 3 is 2.34 bits per heavy atom. The van der Waals surface area contributed by atoms with Gasteiger partial charge in [-0.05, 0) is 29.8 Å². The van der Waals surface area contributed by atoms with Crippen molar-refractivity contribution in [1.29, 1.82) is 0 Å². The van der Waals surface area contributed by atoms with Gasteiger partial charge in [-0.2, -0.15) is 0 Å². The van der Waals surface area contributed by atoms with Crippen molar-refractivity contribution < 1.29 is 24.2 Å². The van der Waals surface area contributed by atoms with E-state index in [2.05, 4.69) is 26.2 Å². The van der Waals surface area contributed by atoms with Crippen LogP contribution in [0.15, 0.2) is 53.1 Å². The summed E-state index contributed by atoms with van der Waals surface area (Å²) in [5.41, 5.74) is 2.46. The zero-order valence-electron chi connectivity index (χ0n) is 15.1. The van der Waals surface area contributed by atoms with Crippen LogP contribution in [0.25, 0.3) is 11.3 Å². The van der Waals surface area contributed by atoms with Gasteiger partial charge in [0.05, 0.1) is 11.9 Å². The Labute approximate surface area is 178 Å². The molecule has 29 heavy (non-hydrogen) atoms. The average Bonchev–Trinajstić information content (AvgIpc) is 3.03. The highest BCUT2D eigenvalue weighted by molar-refractivity contribution is 9.10. The molecule has 2 aromatic carbocycles. The quantitative estimate of drug-likeness (QED) is 0.474. The summed E-state index contributed by atoms with van der Waals surface area (Å²) in [4.78, 5) is 22.6. The summed E-state index contributed by atoms with van der Waals surface area (Å²) >= 11 is 9.46. The minimum atomic E-state index is -1.82. The highest BCUT2D eigenvalue weighted by Gasteiger charge is 2.11. The number of aromatic nitrogens is 2. The first-order valence-electron chi connectivity index (χ1n) is 8.11. The van der Waals surface area contributed by atoms with Crippen molar-refractivity contribution in [3.63, 3.8) is 0 Å². The maximum Gasteiger partial charge on any atom is 0.414 e. The maximum absolute atomic E-state index is 13.8. The Morgan fingerprint density at radius 2 is 1.79 bits per heavy atom. The number of carboxylic acid groups (broad SMARTS) is 2. The van der Waals surface area contributed by atoms with Crippen molar-refractivity contribution >= 4 is 45.4 Å². The molecule has 0 atom stereocenters. The zero-order chi connectivity index (χ0) is 21.6. The first kappa shape index (κ1) is 22.4. The fourth-order valence-electron chi connectivity index (χ4n) is 2.33. The van der Waals surface area contributed by atoms with Gasteiger partial charge in [0.15, 0.2) is 0 Å². The molecule has 3 N–H and O–H groups in total. The van der Waals surface area contributed by atoms with Crippen LogP contribution in [0.5, 0.6) is 0 Å². The Kier molecular flexibility index (Phi) is 7.74. The second kappa shape index (κ2) is 10.0. The molecule has 1 heterocycles. The van der Waals surface area contributed by atoms with Crippen LogP contribution in [0.3, 0.4) is 0 Å². The number of anilines is 1. The van der Waals surface area contributed by atoms with Crippen molar-refractivity contribution in [3.05, 3.63) is 69.5 Å². The molecule has 0 saturated carbocycles. The molecular formula is C19H16BrClFN3O4. The number of carbonyl (C=O) groups is 2. The Morgan fingerprint density at radius 1 is 1.17 bits per heavy atom. The molecule has 152 valence electrons. The molecule has 3 rings (SSSR count). The van der Waals surface area contributed by atoms with Gasteiger partial charge in [-0.3, -0.25) is 0 Å². The van der Waals surface area contributed by atoms with Crippen molar-refractivity contribution in [2.45, 2.75) is 6.54 Å². The maximum atomic E-state index is 13.8. The smallest absolute Gasteiger partial charge is 0.414 e. The fraction of sp³-hybridized carbons (Fsp3) is 0.105. The molecule has 1 aromatic heterocycles. The first-order chi connectivity index (χ1) is 13.7. The van der Waals surface area contributed by atoms with Crippen LogP contribution in [0.1, 0.15) is 5.56 Å². The van der Waals surface area contributed by atoms with E-state index in [4.69, 9.17) is 31.4 Å². The largest absolute Gasteiger partial charge is 0.473 e. The lowest BCUT2D eigenvalue weighted by Gasteiger charge is -2.10. The monoisotopic (exact) mass is 483 g/mol. The number of imidazole rings is 1. The fourth-order valence-corrected chi connectivity index (χ4v) is 2.83. The number of carboxylic acids is 2. The molecule has 0 spiro atoms. The Balaban J connectivity index is 0.000000438. The van der Waals surface area contributed by atoms with Crippen molar-refractivity contribution in [2.75, 3.05) is 5.32 Å². The van der Waals surface area contributed by atoms with Crippen LogP contribution in [-0.2, 0) is 23.2 Å². The number of aliphatic carboxylic acids is 2. The summed E-state index contributed by atoms with van der Waals surface area (Å²) in [5, 5.41) is 18.3. The van der Waals surface area contributed by atoms with Crippen molar-refractivity contribution in [1.82, 2.24) is 9.55 Å². The standard InChI is InChI=1S/C17H14BrClFN3.C2H2O4/c1-23-16(11-5-7-12(18)8-6-11)10-22-17(23)21-9-13-14(19)3-2-4-15(13)20;3-1(4)2(5)6/h2-8,10H,9H2,1H3,(H,21,22);(H,3,4)(H,5,6). The minimum Gasteiger partial charge on any atom is -0.473 e. The van der Waals surface area contributed by atoms with E-state index < -0.39 is 11.9 Å². The van der Waals surface area contributed by atoms with Crippen LogP contribution in [0, 0.1) is 5.82 Å². The third kappa shape index (κ3) is 6.03. The van der Waals surface area contributed by atoms with Crippen LogP contribution >= 0.6 is 27.5 Å². The van der Waals surface area contributed by atoms with Crippen LogP contribution in [0.2, 0.25) is 5.02 Å². The summed E-state index contributed by atoms with van der Waals surface area (Å²) in [6.07, 6.45) is 1.79. The molecule has 0 bridgehead atoms. The van der Waals surface area contributed by atoms with Gasteiger partial charge >= 0.3 is 11.9 Å².